The second-order valence-corrected chi connectivity index (χ2v) is 8.47. The smallest absolute Gasteiger partial charge is 0.342 e. The molecule has 3 aromatic heterocycles. The molecule has 0 spiro atoms. The largest absolute Gasteiger partial charge is 0.416 e. The lowest BCUT2D eigenvalue weighted by molar-refractivity contribution is -0.137. The molecule has 1 N–H and O–H groups in total. The molecule has 178 valence electrons. The van der Waals surface area contributed by atoms with Crippen LogP contribution in [-0.2, 0) is 19.3 Å². The summed E-state index contributed by atoms with van der Waals surface area (Å²) in [6, 6.07) is 5.16. The van der Waals surface area contributed by atoms with Gasteiger partial charge >= 0.3 is 6.18 Å². The summed E-state index contributed by atoms with van der Waals surface area (Å²) in [5.41, 5.74) is 0.918. The Hall–Kier alpha value is -3.63. The van der Waals surface area contributed by atoms with Crippen LogP contribution in [-0.4, -0.2) is 42.4 Å². The van der Waals surface area contributed by atoms with Crippen molar-refractivity contribution in [3.63, 3.8) is 0 Å². The van der Waals surface area contributed by atoms with Crippen molar-refractivity contribution in [2.45, 2.75) is 45.5 Å². The molecule has 0 radical (unpaired) electrons. The van der Waals surface area contributed by atoms with Crippen LogP contribution in [0.5, 0.6) is 0 Å². The monoisotopic (exact) mass is 471 g/mol. The lowest BCUT2D eigenvalue weighted by atomic mass is 10.1. The van der Waals surface area contributed by atoms with Gasteiger partial charge in [0, 0.05) is 25.8 Å². The number of hydrogen-bond donors (Lipinski definition) is 1. The Bertz CT molecular complexity index is 1380. The summed E-state index contributed by atoms with van der Waals surface area (Å²) in [5, 5.41) is 4.26. The molecule has 4 heterocycles. The number of alkyl halides is 3. The first-order chi connectivity index (χ1) is 16.3. The minimum atomic E-state index is -4.40. The summed E-state index contributed by atoms with van der Waals surface area (Å²) < 4.78 is 42.2. The van der Waals surface area contributed by atoms with Gasteiger partial charge in [-0.3, -0.25) is 14.0 Å². The van der Waals surface area contributed by atoms with Crippen molar-refractivity contribution in [1.29, 1.82) is 0 Å². The van der Waals surface area contributed by atoms with Crippen LogP contribution in [0.15, 0.2) is 41.5 Å². The Morgan fingerprint density at radius 2 is 1.94 bits per heavy atom. The number of benzene rings is 1. The van der Waals surface area contributed by atoms with Crippen molar-refractivity contribution >= 4 is 17.1 Å². The van der Waals surface area contributed by atoms with Gasteiger partial charge in [0.05, 0.1) is 23.9 Å². The first-order valence-corrected chi connectivity index (χ1v) is 11.3. The van der Waals surface area contributed by atoms with E-state index in [1.165, 1.54) is 10.7 Å². The number of hydrogen-bond acceptors (Lipinski definition) is 5. The van der Waals surface area contributed by atoms with Crippen LogP contribution in [0.25, 0.3) is 22.6 Å². The number of rotatable bonds is 6. The van der Waals surface area contributed by atoms with Crippen molar-refractivity contribution < 1.29 is 13.2 Å². The molecule has 34 heavy (non-hydrogen) atoms. The summed E-state index contributed by atoms with van der Waals surface area (Å²) >= 11 is 0. The van der Waals surface area contributed by atoms with Gasteiger partial charge in [0.25, 0.3) is 5.56 Å². The fourth-order valence-corrected chi connectivity index (χ4v) is 4.30. The SMILES string of the molecule is CCCn1c(N2CCCC2)nc2nc(-c3cnn(Cc4cccc(C(F)(F)F)c4)c3)[nH]c2c1=O. The van der Waals surface area contributed by atoms with Gasteiger partial charge in [-0.2, -0.15) is 23.3 Å². The molecule has 0 bridgehead atoms. The van der Waals surface area contributed by atoms with Crippen molar-refractivity contribution in [1.82, 2.24) is 29.3 Å². The van der Waals surface area contributed by atoms with E-state index in [1.54, 1.807) is 23.0 Å². The summed E-state index contributed by atoms with van der Waals surface area (Å²) in [7, 11) is 0. The van der Waals surface area contributed by atoms with E-state index in [-0.39, 0.29) is 12.1 Å². The van der Waals surface area contributed by atoms with Gasteiger partial charge in [0.2, 0.25) is 5.95 Å². The molecule has 1 aliphatic rings. The highest BCUT2D eigenvalue weighted by Crippen LogP contribution is 2.30. The molecule has 0 amide bonds. The van der Waals surface area contributed by atoms with Gasteiger partial charge in [-0.15, -0.1) is 0 Å². The van der Waals surface area contributed by atoms with Crippen LogP contribution in [0.1, 0.15) is 37.3 Å². The second kappa shape index (κ2) is 8.62. The minimum absolute atomic E-state index is 0.163. The van der Waals surface area contributed by atoms with E-state index in [1.807, 2.05) is 6.92 Å². The molecule has 8 nitrogen and oxygen atoms in total. The van der Waals surface area contributed by atoms with Crippen molar-refractivity contribution in [2.24, 2.45) is 0 Å². The highest BCUT2D eigenvalue weighted by Gasteiger charge is 2.30. The molecule has 11 heteroatoms. The highest BCUT2D eigenvalue weighted by molar-refractivity contribution is 5.76. The van der Waals surface area contributed by atoms with Crippen molar-refractivity contribution in [3.8, 4) is 11.4 Å². The maximum atomic E-state index is 13.2. The molecule has 1 saturated heterocycles. The fourth-order valence-electron chi connectivity index (χ4n) is 4.30. The Morgan fingerprint density at radius 3 is 2.68 bits per heavy atom. The number of nitrogens with zero attached hydrogens (tertiary/aromatic N) is 6. The first-order valence-electron chi connectivity index (χ1n) is 11.3. The summed E-state index contributed by atoms with van der Waals surface area (Å²) in [6.45, 7) is 4.48. The van der Waals surface area contributed by atoms with Gasteiger partial charge in [0.15, 0.2) is 11.2 Å². The standard InChI is InChI=1S/C23H24F3N7O/c1-2-8-33-21(34)18-20(30-22(33)31-9-3-4-10-31)29-19(28-18)16-12-27-32(14-16)13-15-6-5-7-17(11-15)23(24,25)26/h5-7,11-12,14H,2-4,8-10,13H2,1H3,(H,28,29). The van der Waals surface area contributed by atoms with E-state index in [9.17, 15) is 18.0 Å². The van der Waals surface area contributed by atoms with Gasteiger partial charge in [-0.1, -0.05) is 19.1 Å². The van der Waals surface area contributed by atoms with Gasteiger partial charge in [-0.05, 0) is 37.0 Å². The summed E-state index contributed by atoms with van der Waals surface area (Å²) in [6.07, 6.45) is 1.79. The number of imidazole rings is 1. The van der Waals surface area contributed by atoms with Crippen LogP contribution in [0.2, 0.25) is 0 Å². The number of fused-ring (bicyclic) bond motifs is 1. The van der Waals surface area contributed by atoms with E-state index in [0.29, 0.717) is 40.6 Å². The van der Waals surface area contributed by atoms with Gasteiger partial charge in [0.1, 0.15) is 5.82 Å². The average Bonchev–Trinajstić information content (AvgIpc) is 3.56. The molecule has 5 rings (SSSR count). The molecular weight excluding hydrogens is 447 g/mol. The number of halogens is 3. The Labute approximate surface area is 193 Å². The number of nitrogens with one attached hydrogen (secondary N) is 1. The van der Waals surface area contributed by atoms with E-state index < -0.39 is 11.7 Å². The molecule has 1 aliphatic heterocycles. The zero-order valence-electron chi connectivity index (χ0n) is 18.6. The number of H-pyrrole nitrogens is 1. The Balaban J connectivity index is 1.46. The van der Waals surface area contributed by atoms with E-state index in [2.05, 4.69) is 20.0 Å². The molecule has 0 unspecified atom stereocenters. The molecule has 1 fully saturated rings. The lowest BCUT2D eigenvalue weighted by Crippen LogP contribution is -2.31. The van der Waals surface area contributed by atoms with E-state index >= 15 is 0 Å². The van der Waals surface area contributed by atoms with E-state index in [4.69, 9.17) is 4.98 Å². The maximum Gasteiger partial charge on any atom is 0.416 e. The Kier molecular flexibility index (Phi) is 5.62. The van der Waals surface area contributed by atoms with Crippen LogP contribution in [0.4, 0.5) is 19.1 Å². The third kappa shape index (κ3) is 4.17. The summed E-state index contributed by atoms with van der Waals surface area (Å²) in [4.78, 5) is 27.6. The van der Waals surface area contributed by atoms with Gasteiger partial charge in [-0.25, -0.2) is 4.98 Å². The normalized spacial score (nSPS) is 14.4. The molecule has 0 saturated carbocycles. The zero-order valence-corrected chi connectivity index (χ0v) is 18.6. The van der Waals surface area contributed by atoms with Crippen LogP contribution >= 0.6 is 0 Å². The Morgan fingerprint density at radius 1 is 1.15 bits per heavy atom. The lowest BCUT2D eigenvalue weighted by Gasteiger charge is -2.20. The predicted molar refractivity (Wildman–Crippen MR) is 122 cm³/mol. The third-order valence-corrected chi connectivity index (χ3v) is 5.93. The molecule has 0 atom stereocenters. The summed E-state index contributed by atoms with van der Waals surface area (Å²) in [5.74, 6) is 1.09. The van der Waals surface area contributed by atoms with Crippen LogP contribution < -0.4 is 10.5 Å². The predicted octanol–water partition coefficient (Wildman–Crippen LogP) is 4.06. The fraction of sp³-hybridized carbons (Fsp3) is 0.391. The van der Waals surface area contributed by atoms with Crippen molar-refractivity contribution in [2.75, 3.05) is 18.0 Å². The zero-order chi connectivity index (χ0) is 23.9. The van der Waals surface area contributed by atoms with E-state index in [0.717, 1.165) is 44.5 Å². The van der Waals surface area contributed by atoms with Gasteiger partial charge < -0.3 is 9.88 Å². The van der Waals surface area contributed by atoms with Crippen LogP contribution in [0.3, 0.4) is 0 Å². The average molecular weight is 471 g/mol. The maximum absolute atomic E-state index is 13.2. The molecule has 4 aromatic rings. The number of aromatic amines is 1. The third-order valence-electron chi connectivity index (χ3n) is 5.93. The van der Waals surface area contributed by atoms with Crippen LogP contribution in [0, 0.1) is 0 Å². The molecular formula is C23H24F3N7O. The topological polar surface area (TPSA) is 84.6 Å². The molecule has 1 aromatic carbocycles. The minimum Gasteiger partial charge on any atom is -0.342 e. The number of anilines is 1. The quantitative estimate of drug-likeness (QED) is 0.459. The first kappa shape index (κ1) is 22.2. The molecule has 0 aliphatic carbocycles. The number of aromatic nitrogens is 6. The highest BCUT2D eigenvalue weighted by atomic mass is 19.4. The second-order valence-electron chi connectivity index (χ2n) is 8.47. The van der Waals surface area contributed by atoms with Crippen molar-refractivity contribution in [3.05, 3.63) is 58.1 Å².